The highest BCUT2D eigenvalue weighted by Crippen LogP contribution is 2.17. The van der Waals surface area contributed by atoms with Gasteiger partial charge in [-0.2, -0.15) is 5.10 Å². The summed E-state index contributed by atoms with van der Waals surface area (Å²) in [5.41, 5.74) is 1.37. The summed E-state index contributed by atoms with van der Waals surface area (Å²) in [7, 11) is -4.04. The van der Waals surface area contributed by atoms with Crippen molar-refractivity contribution in [1.82, 2.24) is 14.9 Å². The van der Waals surface area contributed by atoms with E-state index in [9.17, 15) is 22.0 Å². The van der Waals surface area contributed by atoms with E-state index in [4.69, 9.17) is 0 Å². The predicted octanol–water partition coefficient (Wildman–Crippen LogP) is 2.15. The van der Waals surface area contributed by atoms with Crippen LogP contribution in [0.2, 0.25) is 0 Å². The van der Waals surface area contributed by atoms with E-state index < -0.39 is 32.5 Å². The van der Waals surface area contributed by atoms with Crippen molar-refractivity contribution in [3.63, 3.8) is 0 Å². The number of sulfonamides is 1. The van der Waals surface area contributed by atoms with Crippen LogP contribution in [0, 0.1) is 11.6 Å². The Bertz CT molecular complexity index is 1070. The Labute approximate surface area is 147 Å². The quantitative estimate of drug-likeness (QED) is 0.609. The largest absolute Gasteiger partial charge is 0.326 e. The van der Waals surface area contributed by atoms with Crippen LogP contribution >= 0.6 is 0 Å². The van der Waals surface area contributed by atoms with Gasteiger partial charge >= 0.3 is 0 Å². The summed E-state index contributed by atoms with van der Waals surface area (Å²) in [4.78, 5) is 11.5. The fourth-order valence-corrected chi connectivity index (χ4v) is 3.31. The molecule has 0 aliphatic heterocycles. The molecule has 136 valence electrons. The van der Waals surface area contributed by atoms with Gasteiger partial charge in [-0.05, 0) is 36.4 Å². The maximum Gasteiger partial charge on any atom is 0.240 e. The molecule has 3 aromatic rings. The third kappa shape index (κ3) is 4.03. The molecule has 1 aromatic heterocycles. The number of rotatable bonds is 6. The topological polar surface area (TPSA) is 104 Å². The van der Waals surface area contributed by atoms with Gasteiger partial charge in [0.15, 0.2) is 11.6 Å². The highest BCUT2D eigenvalue weighted by atomic mass is 32.2. The van der Waals surface area contributed by atoms with Crippen molar-refractivity contribution < 1.29 is 22.0 Å². The number of H-pyrrole nitrogens is 1. The Hall–Kier alpha value is -2.85. The number of nitrogens with zero attached hydrogens (tertiary/aromatic N) is 1. The molecule has 3 N–H and O–H groups in total. The van der Waals surface area contributed by atoms with Crippen molar-refractivity contribution in [2.45, 2.75) is 11.3 Å². The molecular weight excluding hydrogens is 366 g/mol. The number of carbonyl (C=O) groups excluding carboxylic acids is 1. The zero-order valence-corrected chi connectivity index (χ0v) is 14.1. The molecule has 3 rings (SSSR count). The van der Waals surface area contributed by atoms with Crippen LogP contribution in [0.15, 0.2) is 47.5 Å². The third-order valence-electron chi connectivity index (χ3n) is 3.57. The highest BCUT2D eigenvalue weighted by molar-refractivity contribution is 7.89. The fourth-order valence-electron chi connectivity index (χ4n) is 2.27. The summed E-state index contributed by atoms with van der Waals surface area (Å²) < 4.78 is 52.2. The summed E-state index contributed by atoms with van der Waals surface area (Å²) >= 11 is 0. The van der Waals surface area contributed by atoms with E-state index >= 15 is 0 Å². The van der Waals surface area contributed by atoms with Crippen LogP contribution in [0.1, 0.15) is 6.42 Å². The van der Waals surface area contributed by atoms with Crippen molar-refractivity contribution in [2.24, 2.45) is 0 Å². The fraction of sp³-hybridized carbons (Fsp3) is 0.125. The van der Waals surface area contributed by atoms with Crippen LogP contribution in [-0.2, 0) is 14.8 Å². The van der Waals surface area contributed by atoms with Crippen molar-refractivity contribution in [1.29, 1.82) is 0 Å². The first-order valence-corrected chi connectivity index (χ1v) is 9.01. The second-order valence-electron chi connectivity index (χ2n) is 5.44. The van der Waals surface area contributed by atoms with Gasteiger partial charge in [0.1, 0.15) is 0 Å². The van der Waals surface area contributed by atoms with Gasteiger partial charge in [-0.3, -0.25) is 9.89 Å². The summed E-state index contributed by atoms with van der Waals surface area (Å²) in [5, 5.41) is 10.1. The molecule has 0 unspecified atom stereocenters. The second kappa shape index (κ2) is 7.18. The van der Waals surface area contributed by atoms with Crippen molar-refractivity contribution in [3.8, 4) is 0 Å². The molecular formula is C16H14F2N4O3S. The van der Waals surface area contributed by atoms with Crippen LogP contribution in [0.5, 0.6) is 0 Å². The maximum atomic E-state index is 13.2. The first-order chi connectivity index (χ1) is 12.3. The molecule has 26 heavy (non-hydrogen) atoms. The lowest BCUT2D eigenvalue weighted by molar-refractivity contribution is -0.116. The lowest BCUT2D eigenvalue weighted by Gasteiger charge is -2.08. The smallest absolute Gasteiger partial charge is 0.240 e. The second-order valence-corrected chi connectivity index (χ2v) is 7.21. The molecule has 0 aliphatic rings. The number of benzene rings is 2. The highest BCUT2D eigenvalue weighted by Gasteiger charge is 2.16. The number of hydrogen-bond acceptors (Lipinski definition) is 4. The van der Waals surface area contributed by atoms with Gasteiger partial charge in [-0.1, -0.05) is 0 Å². The molecule has 1 amide bonds. The molecule has 0 fully saturated rings. The Balaban J connectivity index is 1.56. The molecule has 0 spiro atoms. The number of fused-ring (bicyclic) bond motifs is 1. The molecule has 0 saturated carbocycles. The van der Waals surface area contributed by atoms with Crippen LogP contribution < -0.4 is 10.0 Å². The molecule has 10 heteroatoms. The van der Waals surface area contributed by atoms with Crippen molar-refractivity contribution in [2.75, 3.05) is 11.9 Å². The predicted molar refractivity (Wildman–Crippen MR) is 90.9 cm³/mol. The van der Waals surface area contributed by atoms with Crippen LogP contribution in [0.3, 0.4) is 0 Å². The molecule has 1 heterocycles. The van der Waals surface area contributed by atoms with E-state index in [1.807, 2.05) is 0 Å². The van der Waals surface area contributed by atoms with Crippen molar-refractivity contribution in [3.05, 3.63) is 54.2 Å². The van der Waals surface area contributed by atoms with E-state index in [0.29, 0.717) is 11.8 Å². The first kappa shape index (κ1) is 18.0. The number of nitrogens with one attached hydrogen (secondary N) is 3. The van der Waals surface area contributed by atoms with Gasteiger partial charge in [0.05, 0.1) is 16.6 Å². The minimum absolute atomic E-state index is 0.133. The third-order valence-corrected chi connectivity index (χ3v) is 5.03. The van der Waals surface area contributed by atoms with E-state index in [1.54, 1.807) is 24.4 Å². The van der Waals surface area contributed by atoms with Gasteiger partial charge in [0, 0.05) is 24.0 Å². The van der Waals surface area contributed by atoms with Gasteiger partial charge in [0.2, 0.25) is 15.9 Å². The molecule has 0 atom stereocenters. The van der Waals surface area contributed by atoms with E-state index in [0.717, 1.165) is 23.0 Å². The molecule has 0 saturated heterocycles. The summed E-state index contributed by atoms with van der Waals surface area (Å²) in [6, 6.07) is 7.41. The Morgan fingerprint density at radius 1 is 1.12 bits per heavy atom. The van der Waals surface area contributed by atoms with Crippen LogP contribution in [0.4, 0.5) is 14.5 Å². The van der Waals surface area contributed by atoms with E-state index in [-0.39, 0.29) is 13.0 Å². The molecule has 7 nitrogen and oxygen atoms in total. The lowest BCUT2D eigenvalue weighted by Crippen LogP contribution is -2.28. The van der Waals surface area contributed by atoms with E-state index in [2.05, 4.69) is 20.2 Å². The van der Waals surface area contributed by atoms with Gasteiger partial charge in [-0.15, -0.1) is 0 Å². The Kier molecular flexibility index (Phi) is 4.96. The molecule has 0 radical (unpaired) electrons. The normalized spacial score (nSPS) is 11.6. The number of carbonyl (C=O) groups is 1. The summed E-state index contributed by atoms with van der Waals surface area (Å²) in [6.07, 6.45) is 1.48. The van der Waals surface area contributed by atoms with E-state index in [1.165, 1.54) is 0 Å². The summed E-state index contributed by atoms with van der Waals surface area (Å²) in [5.74, 6) is -2.81. The molecule has 0 aliphatic carbocycles. The maximum absolute atomic E-state index is 13.2. The Morgan fingerprint density at radius 2 is 1.92 bits per heavy atom. The van der Waals surface area contributed by atoms with Gasteiger partial charge < -0.3 is 5.32 Å². The van der Waals surface area contributed by atoms with Crippen LogP contribution in [0.25, 0.3) is 10.9 Å². The number of aromatic nitrogens is 2. The number of halogens is 2. The molecule has 0 bridgehead atoms. The van der Waals surface area contributed by atoms with Crippen molar-refractivity contribution >= 4 is 32.5 Å². The average molecular weight is 380 g/mol. The minimum atomic E-state index is -4.04. The number of amides is 1. The standard InChI is InChI=1S/C16H14F2N4O3S/c17-13-3-2-12(8-14(13)18)26(24,25)20-6-5-16(23)21-11-1-4-15-10(7-11)9-19-22-15/h1-4,7-9,20H,5-6H2,(H,19,22)(H,21,23). The van der Waals surface area contributed by atoms with Gasteiger partial charge in [-0.25, -0.2) is 21.9 Å². The zero-order chi connectivity index (χ0) is 18.7. The molecule has 2 aromatic carbocycles. The summed E-state index contributed by atoms with van der Waals surface area (Å²) in [6.45, 7) is -0.193. The van der Waals surface area contributed by atoms with Crippen LogP contribution in [-0.4, -0.2) is 31.1 Å². The number of anilines is 1. The number of aromatic amines is 1. The first-order valence-electron chi connectivity index (χ1n) is 7.53. The monoisotopic (exact) mass is 380 g/mol. The SMILES string of the molecule is O=C(CCNS(=O)(=O)c1ccc(F)c(F)c1)Nc1ccc2[nH]ncc2c1. The van der Waals surface area contributed by atoms with Gasteiger partial charge in [0.25, 0.3) is 0 Å². The Morgan fingerprint density at radius 3 is 2.69 bits per heavy atom. The average Bonchev–Trinajstić information content (AvgIpc) is 3.04. The lowest BCUT2D eigenvalue weighted by atomic mass is 10.2. The zero-order valence-electron chi connectivity index (χ0n) is 13.3. The minimum Gasteiger partial charge on any atom is -0.326 e. The number of hydrogen-bond donors (Lipinski definition) is 3.